The van der Waals surface area contributed by atoms with E-state index >= 15 is 0 Å². The summed E-state index contributed by atoms with van der Waals surface area (Å²) in [5, 5.41) is 3.65. The van der Waals surface area contributed by atoms with Gasteiger partial charge in [-0.05, 0) is 56.5 Å². The Kier molecular flexibility index (Phi) is 5.80. The average molecular weight is 261 g/mol. The van der Waals surface area contributed by atoms with E-state index in [-0.39, 0.29) is 0 Å². The largest absolute Gasteiger partial charge is 0.313 e. The number of nitrogens with zero attached hydrogens (tertiary/aromatic N) is 2. The van der Waals surface area contributed by atoms with Crippen LogP contribution in [0.1, 0.15) is 43.7 Å². The maximum absolute atomic E-state index is 4.26. The second-order valence-corrected chi connectivity index (χ2v) is 5.68. The van der Waals surface area contributed by atoms with Gasteiger partial charge in [0, 0.05) is 31.5 Å². The van der Waals surface area contributed by atoms with Crippen LogP contribution < -0.4 is 5.32 Å². The molecule has 1 aromatic rings. The van der Waals surface area contributed by atoms with Gasteiger partial charge in [0.2, 0.25) is 0 Å². The number of piperidine rings is 1. The van der Waals surface area contributed by atoms with Crippen LogP contribution in [0.2, 0.25) is 0 Å². The van der Waals surface area contributed by atoms with Crippen molar-refractivity contribution in [2.45, 2.75) is 52.1 Å². The summed E-state index contributed by atoms with van der Waals surface area (Å²) in [6, 6.07) is 2.79. The quantitative estimate of drug-likeness (QED) is 0.853. The van der Waals surface area contributed by atoms with Crippen LogP contribution in [-0.2, 0) is 6.54 Å². The van der Waals surface area contributed by atoms with Crippen LogP contribution in [0.3, 0.4) is 0 Å². The maximum Gasteiger partial charge on any atom is 0.0315 e. The lowest BCUT2D eigenvalue weighted by Gasteiger charge is -2.30. The van der Waals surface area contributed by atoms with Gasteiger partial charge in [-0.2, -0.15) is 0 Å². The minimum Gasteiger partial charge on any atom is -0.313 e. The highest BCUT2D eigenvalue weighted by Gasteiger charge is 2.16. The van der Waals surface area contributed by atoms with Gasteiger partial charge in [-0.15, -0.1) is 0 Å². The van der Waals surface area contributed by atoms with Crippen molar-refractivity contribution in [1.29, 1.82) is 0 Å². The third-order valence-corrected chi connectivity index (χ3v) is 3.97. The van der Waals surface area contributed by atoms with Crippen LogP contribution in [0.5, 0.6) is 0 Å². The molecule has 1 aliphatic heterocycles. The van der Waals surface area contributed by atoms with Gasteiger partial charge in [-0.25, -0.2) is 0 Å². The molecule has 3 nitrogen and oxygen atoms in total. The lowest BCUT2D eigenvalue weighted by molar-refractivity contribution is 0.216. The van der Waals surface area contributed by atoms with E-state index in [1.165, 1.54) is 56.4 Å². The summed E-state index contributed by atoms with van der Waals surface area (Å²) in [6.07, 6.45) is 9.16. The molecule has 3 heteroatoms. The molecule has 0 aromatic carbocycles. The Hall–Kier alpha value is -0.930. The predicted molar refractivity (Wildman–Crippen MR) is 80.2 cm³/mol. The summed E-state index contributed by atoms with van der Waals surface area (Å²) in [5.74, 6) is 0. The summed E-state index contributed by atoms with van der Waals surface area (Å²) in [5.41, 5.74) is 2.72. The van der Waals surface area contributed by atoms with E-state index in [0.29, 0.717) is 6.04 Å². The zero-order chi connectivity index (χ0) is 13.5. The topological polar surface area (TPSA) is 28.2 Å². The molecule has 0 saturated carbocycles. The van der Waals surface area contributed by atoms with Crippen molar-refractivity contribution in [2.24, 2.45) is 0 Å². The van der Waals surface area contributed by atoms with Crippen molar-refractivity contribution in [3.8, 4) is 0 Å². The first-order valence-corrected chi connectivity index (χ1v) is 7.65. The van der Waals surface area contributed by atoms with E-state index in [0.717, 1.165) is 6.54 Å². The minimum absolute atomic E-state index is 0.678. The molecular formula is C16H27N3. The second kappa shape index (κ2) is 7.61. The molecule has 0 radical (unpaired) electrons. The third-order valence-electron chi connectivity index (χ3n) is 3.97. The summed E-state index contributed by atoms with van der Waals surface area (Å²) >= 11 is 0. The first-order chi connectivity index (χ1) is 9.29. The standard InChI is InChI=1S/C16H27N3/c1-3-10-19(13-16-6-4-5-8-18-16)12-15-11-17-9-7-14(15)2/h7,9,11,16,18H,3-6,8,10,12-13H2,1-2H3. The van der Waals surface area contributed by atoms with Gasteiger partial charge in [0.25, 0.3) is 0 Å². The lowest BCUT2D eigenvalue weighted by Crippen LogP contribution is -2.43. The van der Waals surface area contributed by atoms with Crippen LogP contribution in [0.15, 0.2) is 18.5 Å². The van der Waals surface area contributed by atoms with E-state index in [9.17, 15) is 0 Å². The Balaban J connectivity index is 1.93. The normalized spacial score (nSPS) is 19.8. The highest BCUT2D eigenvalue weighted by atomic mass is 15.1. The number of hydrogen-bond acceptors (Lipinski definition) is 3. The summed E-state index contributed by atoms with van der Waals surface area (Å²) < 4.78 is 0. The van der Waals surface area contributed by atoms with Crippen LogP contribution in [0.4, 0.5) is 0 Å². The van der Waals surface area contributed by atoms with Crippen molar-refractivity contribution in [3.63, 3.8) is 0 Å². The van der Waals surface area contributed by atoms with Gasteiger partial charge >= 0.3 is 0 Å². The van der Waals surface area contributed by atoms with Gasteiger partial charge in [-0.1, -0.05) is 13.3 Å². The van der Waals surface area contributed by atoms with Gasteiger partial charge in [-0.3, -0.25) is 9.88 Å². The zero-order valence-electron chi connectivity index (χ0n) is 12.4. The SMILES string of the molecule is CCCN(Cc1cnccc1C)CC1CCCCN1. The molecule has 1 unspecified atom stereocenters. The Bertz CT molecular complexity index is 372. The maximum atomic E-state index is 4.26. The van der Waals surface area contributed by atoms with E-state index in [1.54, 1.807) is 0 Å². The molecule has 0 spiro atoms. The highest BCUT2D eigenvalue weighted by molar-refractivity contribution is 5.21. The van der Waals surface area contributed by atoms with Crippen LogP contribution >= 0.6 is 0 Å². The zero-order valence-corrected chi connectivity index (χ0v) is 12.4. The molecule has 1 fully saturated rings. The van der Waals surface area contributed by atoms with Gasteiger partial charge in [0.05, 0.1) is 0 Å². The smallest absolute Gasteiger partial charge is 0.0315 e. The molecule has 1 aliphatic rings. The van der Waals surface area contributed by atoms with Crippen LogP contribution in [0.25, 0.3) is 0 Å². The number of aryl methyl sites for hydroxylation is 1. The monoisotopic (exact) mass is 261 g/mol. The molecule has 19 heavy (non-hydrogen) atoms. The highest BCUT2D eigenvalue weighted by Crippen LogP contribution is 2.13. The molecule has 0 bridgehead atoms. The van der Waals surface area contributed by atoms with Gasteiger partial charge in [0.15, 0.2) is 0 Å². The molecular weight excluding hydrogens is 234 g/mol. The Labute approximate surface area is 117 Å². The van der Waals surface area contributed by atoms with E-state index in [4.69, 9.17) is 0 Å². The Morgan fingerprint density at radius 2 is 2.32 bits per heavy atom. The van der Waals surface area contributed by atoms with Gasteiger partial charge < -0.3 is 5.32 Å². The third kappa shape index (κ3) is 4.59. The van der Waals surface area contributed by atoms with Crippen molar-refractivity contribution < 1.29 is 0 Å². The predicted octanol–water partition coefficient (Wildman–Crippen LogP) is 2.74. The minimum atomic E-state index is 0.678. The lowest BCUT2D eigenvalue weighted by atomic mass is 10.0. The second-order valence-electron chi connectivity index (χ2n) is 5.68. The van der Waals surface area contributed by atoms with Gasteiger partial charge in [0.1, 0.15) is 0 Å². The first kappa shape index (κ1) is 14.5. The molecule has 0 amide bonds. The average Bonchev–Trinajstić information content (AvgIpc) is 2.43. The number of rotatable bonds is 6. The van der Waals surface area contributed by atoms with Crippen LogP contribution in [0, 0.1) is 6.92 Å². The molecule has 1 aromatic heterocycles. The number of nitrogens with one attached hydrogen (secondary N) is 1. The number of pyridine rings is 1. The Morgan fingerprint density at radius 3 is 3.00 bits per heavy atom. The number of aromatic nitrogens is 1. The molecule has 2 rings (SSSR count). The first-order valence-electron chi connectivity index (χ1n) is 7.65. The molecule has 2 heterocycles. The van der Waals surface area contributed by atoms with Crippen molar-refractivity contribution in [1.82, 2.24) is 15.2 Å². The van der Waals surface area contributed by atoms with Crippen molar-refractivity contribution in [3.05, 3.63) is 29.6 Å². The van der Waals surface area contributed by atoms with E-state index in [1.807, 2.05) is 12.4 Å². The Morgan fingerprint density at radius 1 is 1.42 bits per heavy atom. The molecule has 1 atom stereocenters. The van der Waals surface area contributed by atoms with Crippen LogP contribution in [-0.4, -0.2) is 35.6 Å². The molecule has 1 N–H and O–H groups in total. The number of hydrogen-bond donors (Lipinski definition) is 1. The summed E-state index contributed by atoms with van der Waals surface area (Å²) in [6.45, 7) is 9.01. The fourth-order valence-corrected chi connectivity index (χ4v) is 2.85. The van der Waals surface area contributed by atoms with Crippen molar-refractivity contribution in [2.75, 3.05) is 19.6 Å². The fourth-order valence-electron chi connectivity index (χ4n) is 2.85. The molecule has 106 valence electrons. The molecule has 0 aliphatic carbocycles. The molecule has 1 saturated heterocycles. The van der Waals surface area contributed by atoms with E-state index < -0.39 is 0 Å². The summed E-state index contributed by atoms with van der Waals surface area (Å²) in [4.78, 5) is 6.84. The summed E-state index contributed by atoms with van der Waals surface area (Å²) in [7, 11) is 0. The van der Waals surface area contributed by atoms with Crippen molar-refractivity contribution >= 4 is 0 Å². The van der Waals surface area contributed by atoms with E-state index in [2.05, 4.69) is 35.1 Å². The fraction of sp³-hybridized carbons (Fsp3) is 0.688.